The molecule has 0 fully saturated rings. The van der Waals surface area contributed by atoms with Crippen molar-refractivity contribution in [1.82, 2.24) is 30.4 Å². The molecule has 0 spiro atoms. The molecule has 3 heterocycles. The molecule has 0 radical (unpaired) electrons. The number of carbonyl (C=O) groups is 4. The Hall–Kier alpha value is -3.09. The fourth-order valence-corrected chi connectivity index (χ4v) is 4.57. The van der Waals surface area contributed by atoms with Crippen molar-refractivity contribution < 1.29 is 19.2 Å². The van der Waals surface area contributed by atoms with E-state index >= 15 is 0 Å². The first-order valence-electron chi connectivity index (χ1n) is 10.9. The monoisotopic (exact) mass is 521 g/mol. The van der Waals surface area contributed by atoms with Gasteiger partial charge < -0.3 is 25.8 Å². The third-order valence-corrected chi connectivity index (χ3v) is 6.90. The molecule has 35 heavy (non-hydrogen) atoms. The van der Waals surface area contributed by atoms with E-state index in [1.807, 2.05) is 7.05 Å². The number of hydrogen-bond donors (Lipinski definition) is 3. The summed E-state index contributed by atoms with van der Waals surface area (Å²) in [6.45, 7) is 3.08. The zero-order chi connectivity index (χ0) is 25.7. The number of halogens is 1. The summed E-state index contributed by atoms with van der Waals surface area (Å²) >= 11 is 7.10. The number of hydrogen-bond acceptors (Lipinski definition) is 8. The number of nitrogens with zero attached hydrogens (tertiary/aromatic N) is 4. The van der Waals surface area contributed by atoms with Gasteiger partial charge in [0.05, 0.1) is 22.7 Å². The van der Waals surface area contributed by atoms with Gasteiger partial charge in [-0.2, -0.15) is 0 Å². The fourth-order valence-electron chi connectivity index (χ4n) is 3.49. The number of fused-ring (bicyclic) bond motifs is 1. The number of amides is 4. The highest BCUT2D eigenvalue weighted by Gasteiger charge is 2.30. The molecule has 0 aromatic carbocycles. The molecule has 0 saturated heterocycles. The van der Waals surface area contributed by atoms with Crippen LogP contribution in [0.2, 0.25) is 5.02 Å². The van der Waals surface area contributed by atoms with E-state index in [4.69, 9.17) is 11.6 Å². The van der Waals surface area contributed by atoms with E-state index in [9.17, 15) is 19.2 Å². The van der Waals surface area contributed by atoms with Crippen LogP contribution in [0.15, 0.2) is 18.3 Å². The van der Waals surface area contributed by atoms with Gasteiger partial charge >= 0.3 is 11.8 Å². The van der Waals surface area contributed by atoms with E-state index in [0.717, 1.165) is 23.5 Å². The fraction of sp³-hybridized carbons (Fsp3) is 0.455. The lowest BCUT2D eigenvalue weighted by atomic mass is 10.00. The van der Waals surface area contributed by atoms with Crippen LogP contribution in [0.1, 0.15) is 27.3 Å². The second kappa shape index (κ2) is 11.6. The summed E-state index contributed by atoms with van der Waals surface area (Å²) in [5.74, 6) is -3.05. The third kappa shape index (κ3) is 6.96. The Kier molecular flexibility index (Phi) is 8.76. The van der Waals surface area contributed by atoms with Gasteiger partial charge in [0, 0.05) is 44.8 Å². The number of likely N-dealkylation sites (N-methyl/N-ethyl adjacent to an activating group) is 1. The van der Waals surface area contributed by atoms with Crippen LogP contribution >= 0.6 is 22.9 Å². The molecule has 0 aliphatic carbocycles. The lowest BCUT2D eigenvalue weighted by Gasteiger charge is -2.26. The highest BCUT2D eigenvalue weighted by molar-refractivity contribution is 7.13. The van der Waals surface area contributed by atoms with E-state index in [1.165, 1.54) is 34.6 Å². The molecule has 11 nitrogen and oxygen atoms in total. The van der Waals surface area contributed by atoms with Crippen molar-refractivity contribution in [3.8, 4) is 0 Å². The molecule has 2 atom stereocenters. The van der Waals surface area contributed by atoms with Crippen LogP contribution in [0.3, 0.4) is 0 Å². The minimum Gasteiger partial charge on any atom is -0.349 e. The summed E-state index contributed by atoms with van der Waals surface area (Å²) in [7, 11) is 5.21. The molecule has 1 unspecified atom stereocenters. The number of pyridine rings is 1. The maximum atomic E-state index is 13.0. The summed E-state index contributed by atoms with van der Waals surface area (Å²) in [6.07, 6.45) is 2.16. The van der Waals surface area contributed by atoms with Gasteiger partial charge in [-0.25, -0.2) is 9.97 Å². The molecule has 0 bridgehead atoms. The van der Waals surface area contributed by atoms with Crippen LogP contribution in [-0.4, -0.2) is 83.7 Å². The van der Waals surface area contributed by atoms with Crippen molar-refractivity contribution in [1.29, 1.82) is 0 Å². The van der Waals surface area contributed by atoms with E-state index in [-0.39, 0.29) is 18.3 Å². The third-order valence-electron chi connectivity index (χ3n) is 5.52. The highest BCUT2D eigenvalue weighted by atomic mass is 35.5. The normalized spacial score (nSPS) is 14.9. The van der Waals surface area contributed by atoms with Gasteiger partial charge in [0.2, 0.25) is 5.91 Å². The zero-order valence-electron chi connectivity index (χ0n) is 19.9. The van der Waals surface area contributed by atoms with Crippen LogP contribution < -0.4 is 16.0 Å². The molecule has 188 valence electrons. The predicted molar refractivity (Wildman–Crippen MR) is 132 cm³/mol. The quantitative estimate of drug-likeness (QED) is 0.457. The standard InChI is InChI=1S/C22H28ClN7O4S/c1-12(22(34)29(2)3)14(10-25-18(31)19(32)28-17-6-5-13(23)9-24-17)26-20(33)21-27-15-11-30(4)8-7-16(15)35-21/h5-6,9,12,14H,7-8,10-11H2,1-4H3,(H,25,31)(H,26,33)(H,24,28,32)/t12?,14-/m0/s1. The number of rotatable bonds is 7. The molecule has 1 aliphatic heterocycles. The zero-order valence-corrected chi connectivity index (χ0v) is 21.5. The number of aromatic nitrogens is 2. The summed E-state index contributed by atoms with van der Waals surface area (Å²) in [5, 5.41) is 8.36. The largest absolute Gasteiger partial charge is 0.349 e. The molecule has 0 saturated carbocycles. The maximum absolute atomic E-state index is 13.0. The van der Waals surface area contributed by atoms with E-state index in [1.54, 1.807) is 21.0 Å². The van der Waals surface area contributed by atoms with Gasteiger partial charge in [-0.3, -0.25) is 19.2 Å². The molecule has 1 aliphatic rings. The Balaban J connectivity index is 1.67. The predicted octanol–water partition coefficient (Wildman–Crippen LogP) is 0.757. The SMILES string of the molecule is CC(C(=O)N(C)C)[C@H](CNC(=O)C(=O)Nc1ccc(Cl)cn1)NC(=O)c1nc2c(s1)CCN(C)C2. The van der Waals surface area contributed by atoms with E-state index in [2.05, 4.69) is 30.8 Å². The van der Waals surface area contributed by atoms with Gasteiger partial charge in [-0.05, 0) is 25.6 Å². The van der Waals surface area contributed by atoms with Crippen molar-refractivity contribution in [2.45, 2.75) is 25.9 Å². The molecule has 4 amide bonds. The van der Waals surface area contributed by atoms with Crippen LogP contribution in [-0.2, 0) is 27.3 Å². The molecular formula is C22H28ClN7O4S. The Morgan fingerprint density at radius 3 is 2.63 bits per heavy atom. The van der Waals surface area contributed by atoms with Gasteiger partial charge in [0.15, 0.2) is 5.01 Å². The molecule has 2 aromatic rings. The van der Waals surface area contributed by atoms with Crippen LogP contribution in [0.4, 0.5) is 5.82 Å². The Morgan fingerprint density at radius 1 is 1.23 bits per heavy atom. The highest BCUT2D eigenvalue weighted by Crippen LogP contribution is 2.24. The van der Waals surface area contributed by atoms with Gasteiger partial charge in [0.25, 0.3) is 5.91 Å². The van der Waals surface area contributed by atoms with E-state index < -0.39 is 29.7 Å². The molecule has 3 rings (SSSR count). The lowest BCUT2D eigenvalue weighted by molar-refractivity contribution is -0.136. The van der Waals surface area contributed by atoms with Crippen LogP contribution in [0.25, 0.3) is 0 Å². The van der Waals surface area contributed by atoms with Crippen molar-refractivity contribution in [2.75, 3.05) is 39.5 Å². The topological polar surface area (TPSA) is 137 Å². The van der Waals surface area contributed by atoms with Gasteiger partial charge in [-0.15, -0.1) is 11.3 Å². The second-order valence-electron chi connectivity index (χ2n) is 8.50. The maximum Gasteiger partial charge on any atom is 0.314 e. The summed E-state index contributed by atoms with van der Waals surface area (Å²) in [4.78, 5) is 63.2. The van der Waals surface area contributed by atoms with Gasteiger partial charge in [0.1, 0.15) is 5.82 Å². The minimum absolute atomic E-state index is 0.138. The molecule has 3 N–H and O–H groups in total. The molecule has 13 heteroatoms. The van der Waals surface area contributed by atoms with Crippen molar-refractivity contribution in [3.05, 3.63) is 38.9 Å². The molecular weight excluding hydrogens is 494 g/mol. The first-order valence-corrected chi connectivity index (χ1v) is 12.1. The second-order valence-corrected chi connectivity index (χ2v) is 10.0. The molecule has 2 aromatic heterocycles. The van der Waals surface area contributed by atoms with E-state index in [0.29, 0.717) is 16.6 Å². The average molecular weight is 522 g/mol. The number of carbonyl (C=O) groups excluding carboxylic acids is 4. The number of anilines is 1. The Bertz CT molecular complexity index is 1110. The Morgan fingerprint density at radius 2 is 1.97 bits per heavy atom. The first-order chi connectivity index (χ1) is 16.5. The lowest BCUT2D eigenvalue weighted by Crippen LogP contribution is -2.52. The summed E-state index contributed by atoms with van der Waals surface area (Å²) in [5.41, 5.74) is 0.878. The first kappa shape index (κ1) is 26.5. The van der Waals surface area contributed by atoms with Crippen LogP contribution in [0.5, 0.6) is 0 Å². The smallest absolute Gasteiger partial charge is 0.314 e. The average Bonchev–Trinajstić information content (AvgIpc) is 3.25. The number of thiazole rings is 1. The number of nitrogens with one attached hydrogen (secondary N) is 3. The van der Waals surface area contributed by atoms with Crippen molar-refractivity contribution >= 4 is 52.4 Å². The summed E-state index contributed by atoms with van der Waals surface area (Å²) in [6, 6.07) is 2.21. The van der Waals surface area contributed by atoms with Crippen molar-refractivity contribution in [2.24, 2.45) is 5.92 Å². The Labute approximate surface area is 212 Å². The van der Waals surface area contributed by atoms with Crippen LogP contribution in [0, 0.1) is 5.92 Å². The van der Waals surface area contributed by atoms with Crippen molar-refractivity contribution in [3.63, 3.8) is 0 Å². The van der Waals surface area contributed by atoms with Gasteiger partial charge in [-0.1, -0.05) is 18.5 Å². The summed E-state index contributed by atoms with van der Waals surface area (Å²) < 4.78 is 0. The minimum atomic E-state index is -0.937.